The minimum absolute atomic E-state index is 0.0147. The lowest BCUT2D eigenvalue weighted by Gasteiger charge is -2.21. The molecule has 0 aromatic heterocycles. The Labute approximate surface area is 141 Å². The zero-order valence-electron chi connectivity index (χ0n) is 13.8. The van der Waals surface area contributed by atoms with Crippen LogP contribution in [0.15, 0.2) is 54.6 Å². The van der Waals surface area contributed by atoms with Gasteiger partial charge in [-0.1, -0.05) is 31.2 Å². The van der Waals surface area contributed by atoms with Crippen LogP contribution in [0.1, 0.15) is 24.5 Å². The second-order valence-corrected chi connectivity index (χ2v) is 5.48. The highest BCUT2D eigenvalue weighted by Crippen LogP contribution is 2.20. The number of para-hydroxylation sites is 1. The molecule has 0 atom stereocenters. The summed E-state index contributed by atoms with van der Waals surface area (Å²) in [5, 5.41) is 11.0. The van der Waals surface area contributed by atoms with Crippen molar-refractivity contribution in [3.05, 3.63) is 75.8 Å². The molecule has 5 nitrogen and oxygen atoms in total. The first-order valence-corrected chi connectivity index (χ1v) is 7.82. The molecule has 2 aromatic carbocycles. The highest BCUT2D eigenvalue weighted by Gasteiger charge is 2.14. The van der Waals surface area contributed by atoms with Gasteiger partial charge in [-0.25, -0.2) is 0 Å². The molecule has 0 saturated carbocycles. The van der Waals surface area contributed by atoms with Gasteiger partial charge in [-0.05, 0) is 43.2 Å². The third-order valence-corrected chi connectivity index (χ3v) is 3.57. The van der Waals surface area contributed by atoms with Crippen molar-refractivity contribution in [3.8, 4) is 0 Å². The van der Waals surface area contributed by atoms with Gasteiger partial charge in [-0.2, -0.15) is 0 Å². The quantitative estimate of drug-likeness (QED) is 0.450. The van der Waals surface area contributed by atoms with Crippen LogP contribution in [0.4, 0.5) is 11.4 Å². The molecule has 0 fully saturated rings. The number of nitrogens with zero attached hydrogens (tertiary/aromatic N) is 2. The van der Waals surface area contributed by atoms with E-state index in [4.69, 9.17) is 0 Å². The Morgan fingerprint density at radius 2 is 1.96 bits per heavy atom. The molecule has 2 aromatic rings. The fraction of sp³-hybridized carbons (Fsp3) is 0.211. The molecule has 0 unspecified atom stereocenters. The number of anilines is 1. The fourth-order valence-corrected chi connectivity index (χ4v) is 2.43. The summed E-state index contributed by atoms with van der Waals surface area (Å²) in [5.74, 6) is -0.194. The molecule has 0 heterocycles. The second kappa shape index (κ2) is 8.06. The SMILES string of the molecule is CCCN(C(=O)/C=C/c1ccccc1[N+](=O)[O-])c1cccc(C)c1. The first kappa shape index (κ1) is 17.4. The van der Waals surface area contributed by atoms with Crippen LogP contribution in [-0.2, 0) is 4.79 Å². The minimum Gasteiger partial charge on any atom is -0.309 e. The minimum atomic E-state index is -0.450. The molecule has 0 aliphatic carbocycles. The number of hydrogen-bond donors (Lipinski definition) is 0. The third kappa shape index (κ3) is 4.29. The molecule has 0 spiro atoms. The van der Waals surface area contributed by atoms with Gasteiger partial charge >= 0.3 is 0 Å². The molecule has 0 saturated heterocycles. The van der Waals surface area contributed by atoms with Gasteiger partial charge in [0.1, 0.15) is 0 Å². The van der Waals surface area contributed by atoms with Crippen molar-refractivity contribution in [3.63, 3.8) is 0 Å². The van der Waals surface area contributed by atoms with Crippen LogP contribution in [-0.4, -0.2) is 17.4 Å². The number of aryl methyl sites for hydroxylation is 1. The van der Waals surface area contributed by atoms with E-state index < -0.39 is 4.92 Å². The molecule has 5 heteroatoms. The molecular formula is C19H20N2O3. The molecule has 1 amide bonds. The Morgan fingerprint density at radius 1 is 1.21 bits per heavy atom. The van der Waals surface area contributed by atoms with Crippen molar-refractivity contribution in [1.29, 1.82) is 0 Å². The van der Waals surface area contributed by atoms with Crippen molar-refractivity contribution in [2.45, 2.75) is 20.3 Å². The highest BCUT2D eigenvalue weighted by atomic mass is 16.6. The fourth-order valence-electron chi connectivity index (χ4n) is 2.43. The largest absolute Gasteiger partial charge is 0.309 e. The zero-order valence-corrected chi connectivity index (χ0v) is 13.8. The van der Waals surface area contributed by atoms with E-state index in [-0.39, 0.29) is 11.6 Å². The molecule has 0 aliphatic heterocycles. The van der Waals surface area contributed by atoms with Crippen molar-refractivity contribution in [2.75, 3.05) is 11.4 Å². The van der Waals surface area contributed by atoms with E-state index in [1.165, 1.54) is 18.2 Å². The van der Waals surface area contributed by atoms with E-state index in [0.29, 0.717) is 12.1 Å². The number of amides is 1. The van der Waals surface area contributed by atoms with Crippen molar-refractivity contribution >= 4 is 23.4 Å². The lowest BCUT2D eigenvalue weighted by molar-refractivity contribution is -0.385. The molecular weight excluding hydrogens is 304 g/mol. The molecule has 124 valence electrons. The van der Waals surface area contributed by atoms with Gasteiger partial charge in [0.05, 0.1) is 10.5 Å². The van der Waals surface area contributed by atoms with Crippen LogP contribution >= 0.6 is 0 Å². The number of rotatable bonds is 6. The van der Waals surface area contributed by atoms with Crippen molar-refractivity contribution in [2.24, 2.45) is 0 Å². The van der Waals surface area contributed by atoms with E-state index in [1.54, 1.807) is 23.1 Å². The van der Waals surface area contributed by atoms with Crippen molar-refractivity contribution < 1.29 is 9.72 Å². The molecule has 0 radical (unpaired) electrons. The molecule has 24 heavy (non-hydrogen) atoms. The lowest BCUT2D eigenvalue weighted by atomic mass is 10.1. The predicted molar refractivity (Wildman–Crippen MR) is 96.0 cm³/mol. The Bertz CT molecular complexity index is 769. The normalized spacial score (nSPS) is 10.8. The first-order valence-electron chi connectivity index (χ1n) is 7.82. The van der Waals surface area contributed by atoms with Gasteiger partial charge in [-0.15, -0.1) is 0 Å². The van der Waals surface area contributed by atoms with E-state index >= 15 is 0 Å². The standard InChI is InChI=1S/C19H20N2O3/c1-3-13-20(17-9-6-7-15(2)14-17)19(22)12-11-16-8-4-5-10-18(16)21(23)24/h4-12,14H,3,13H2,1-2H3/b12-11+. The summed E-state index contributed by atoms with van der Waals surface area (Å²) in [6, 6.07) is 14.1. The summed E-state index contributed by atoms with van der Waals surface area (Å²) in [5.41, 5.74) is 2.30. The lowest BCUT2D eigenvalue weighted by Crippen LogP contribution is -2.30. The highest BCUT2D eigenvalue weighted by molar-refractivity contribution is 6.04. The number of benzene rings is 2. The number of carbonyl (C=O) groups is 1. The smallest absolute Gasteiger partial charge is 0.276 e. The Kier molecular flexibility index (Phi) is 5.84. The van der Waals surface area contributed by atoms with Crippen LogP contribution < -0.4 is 4.90 Å². The maximum atomic E-state index is 12.6. The average molecular weight is 324 g/mol. The number of carbonyl (C=O) groups excluding carboxylic acids is 1. The average Bonchev–Trinajstić information content (AvgIpc) is 2.57. The van der Waals surface area contributed by atoms with Crippen LogP contribution in [0, 0.1) is 17.0 Å². The van der Waals surface area contributed by atoms with Gasteiger partial charge in [0.15, 0.2) is 0 Å². The predicted octanol–water partition coefficient (Wildman–Crippen LogP) is 4.36. The Balaban J connectivity index is 2.27. The van der Waals surface area contributed by atoms with E-state index in [0.717, 1.165) is 17.7 Å². The topological polar surface area (TPSA) is 63.5 Å². The van der Waals surface area contributed by atoms with Gasteiger partial charge in [0.25, 0.3) is 11.6 Å². The summed E-state index contributed by atoms with van der Waals surface area (Å²) in [6.45, 7) is 4.56. The summed E-state index contributed by atoms with van der Waals surface area (Å²) >= 11 is 0. The van der Waals surface area contributed by atoms with E-state index in [2.05, 4.69) is 0 Å². The van der Waals surface area contributed by atoms with Crippen molar-refractivity contribution in [1.82, 2.24) is 0 Å². The van der Waals surface area contributed by atoms with Gasteiger partial charge in [0, 0.05) is 24.4 Å². The second-order valence-electron chi connectivity index (χ2n) is 5.48. The summed E-state index contributed by atoms with van der Waals surface area (Å²) in [6.07, 6.45) is 3.71. The Morgan fingerprint density at radius 3 is 2.62 bits per heavy atom. The summed E-state index contributed by atoms with van der Waals surface area (Å²) in [7, 11) is 0. The molecule has 0 aliphatic rings. The monoisotopic (exact) mass is 324 g/mol. The van der Waals surface area contributed by atoms with Crippen LogP contribution in [0.25, 0.3) is 6.08 Å². The third-order valence-electron chi connectivity index (χ3n) is 3.57. The van der Waals surface area contributed by atoms with E-state index in [9.17, 15) is 14.9 Å². The maximum Gasteiger partial charge on any atom is 0.276 e. The first-order chi connectivity index (χ1) is 11.5. The van der Waals surface area contributed by atoms with Gasteiger partial charge in [-0.3, -0.25) is 14.9 Å². The summed E-state index contributed by atoms with van der Waals surface area (Å²) < 4.78 is 0. The molecule has 2 rings (SSSR count). The molecule has 0 bridgehead atoms. The van der Waals surface area contributed by atoms with Crippen LogP contribution in [0.2, 0.25) is 0 Å². The Hall–Kier alpha value is -2.95. The van der Waals surface area contributed by atoms with Crippen LogP contribution in [0.3, 0.4) is 0 Å². The van der Waals surface area contributed by atoms with Gasteiger partial charge in [0.2, 0.25) is 0 Å². The number of nitro benzene ring substituents is 1. The van der Waals surface area contributed by atoms with Crippen LogP contribution in [0.5, 0.6) is 0 Å². The molecule has 0 N–H and O–H groups in total. The number of hydrogen-bond acceptors (Lipinski definition) is 3. The van der Waals surface area contributed by atoms with E-state index in [1.807, 2.05) is 38.1 Å². The number of nitro groups is 1. The zero-order chi connectivity index (χ0) is 17.5. The summed E-state index contributed by atoms with van der Waals surface area (Å²) in [4.78, 5) is 24.8. The maximum absolute atomic E-state index is 12.6. The van der Waals surface area contributed by atoms with Gasteiger partial charge < -0.3 is 4.90 Å².